The van der Waals surface area contributed by atoms with Gasteiger partial charge in [0, 0.05) is 32.2 Å². The van der Waals surface area contributed by atoms with E-state index in [1.54, 1.807) is 6.20 Å². The van der Waals surface area contributed by atoms with Crippen molar-refractivity contribution < 1.29 is 4.79 Å². The zero-order valence-corrected chi connectivity index (χ0v) is 15.6. The van der Waals surface area contributed by atoms with E-state index in [9.17, 15) is 4.79 Å². The molecule has 0 radical (unpaired) electrons. The molecule has 1 saturated carbocycles. The van der Waals surface area contributed by atoms with Crippen molar-refractivity contribution in [2.45, 2.75) is 45.1 Å². The molecule has 0 atom stereocenters. The normalized spacial score (nSPS) is 19.7. The highest BCUT2D eigenvalue weighted by Gasteiger charge is 2.28. The average molecular weight is 352 g/mol. The highest BCUT2D eigenvalue weighted by molar-refractivity contribution is 5.95. The van der Waals surface area contributed by atoms with Crippen LogP contribution in [0.3, 0.4) is 0 Å². The summed E-state index contributed by atoms with van der Waals surface area (Å²) in [5.74, 6) is 0.118. The van der Waals surface area contributed by atoms with Crippen LogP contribution in [0, 0.1) is 6.92 Å². The van der Waals surface area contributed by atoms with Crippen LogP contribution < -0.4 is 0 Å². The summed E-state index contributed by atoms with van der Waals surface area (Å²) in [6.07, 6.45) is 8.50. The van der Waals surface area contributed by atoms with E-state index in [1.807, 2.05) is 46.8 Å². The van der Waals surface area contributed by atoms with Crippen LogP contribution in [0.5, 0.6) is 0 Å². The highest BCUT2D eigenvalue weighted by Crippen LogP contribution is 2.24. The van der Waals surface area contributed by atoms with E-state index in [-0.39, 0.29) is 5.91 Å². The molecule has 2 aromatic rings. The first kappa shape index (κ1) is 17.3. The fourth-order valence-corrected chi connectivity index (χ4v) is 4.36. The van der Waals surface area contributed by atoms with E-state index in [0.29, 0.717) is 0 Å². The monoisotopic (exact) mass is 352 g/mol. The minimum absolute atomic E-state index is 0.118. The third-order valence-electron chi connectivity index (χ3n) is 5.93. The zero-order valence-electron chi connectivity index (χ0n) is 15.6. The molecule has 138 valence electrons. The maximum Gasteiger partial charge on any atom is 0.257 e. The number of nitrogens with zero attached hydrogens (tertiary/aromatic N) is 4. The number of carbonyl (C=O) groups excluding carboxylic acids is 1. The molecular weight excluding hydrogens is 324 g/mol. The third kappa shape index (κ3) is 3.40. The Morgan fingerprint density at radius 3 is 2.38 bits per heavy atom. The van der Waals surface area contributed by atoms with Gasteiger partial charge in [-0.1, -0.05) is 37.5 Å². The van der Waals surface area contributed by atoms with Gasteiger partial charge in [-0.15, -0.1) is 0 Å². The molecule has 1 saturated heterocycles. The lowest BCUT2D eigenvalue weighted by Gasteiger charge is -2.40. The molecule has 2 aliphatic rings. The average Bonchev–Trinajstić information content (AvgIpc) is 3.10. The van der Waals surface area contributed by atoms with Gasteiger partial charge in [0.2, 0.25) is 0 Å². The fraction of sp³-hybridized carbons (Fsp3) is 0.524. The van der Waals surface area contributed by atoms with Crippen LogP contribution in [0.1, 0.15) is 48.2 Å². The maximum atomic E-state index is 13.0. The van der Waals surface area contributed by atoms with Crippen LogP contribution >= 0.6 is 0 Å². The second-order valence-electron chi connectivity index (χ2n) is 7.51. The topological polar surface area (TPSA) is 41.4 Å². The van der Waals surface area contributed by atoms with Crippen LogP contribution in [0.4, 0.5) is 0 Å². The summed E-state index contributed by atoms with van der Waals surface area (Å²) in [6, 6.07) is 10.7. The SMILES string of the molecule is Cc1c(C(=O)N2CCN(C3CCCCC3)CC2)cnn1-c1ccccc1. The van der Waals surface area contributed by atoms with Crippen molar-refractivity contribution in [2.75, 3.05) is 26.2 Å². The van der Waals surface area contributed by atoms with Crippen molar-refractivity contribution in [1.29, 1.82) is 0 Å². The molecule has 5 nitrogen and oxygen atoms in total. The molecule has 2 heterocycles. The number of hydrogen-bond acceptors (Lipinski definition) is 3. The first-order valence-electron chi connectivity index (χ1n) is 9.87. The van der Waals surface area contributed by atoms with E-state index in [0.717, 1.165) is 49.2 Å². The van der Waals surface area contributed by atoms with Crippen molar-refractivity contribution in [3.05, 3.63) is 47.8 Å². The molecule has 4 rings (SSSR count). The predicted octanol–water partition coefficient (Wildman–Crippen LogP) is 3.27. The Morgan fingerprint density at radius 1 is 1.00 bits per heavy atom. The lowest BCUT2D eigenvalue weighted by molar-refractivity contribution is 0.0522. The summed E-state index contributed by atoms with van der Waals surface area (Å²) < 4.78 is 1.85. The van der Waals surface area contributed by atoms with Crippen LogP contribution in [0.2, 0.25) is 0 Å². The number of benzene rings is 1. The Balaban J connectivity index is 1.42. The summed E-state index contributed by atoms with van der Waals surface area (Å²) in [6.45, 7) is 5.63. The second-order valence-corrected chi connectivity index (χ2v) is 7.51. The van der Waals surface area contributed by atoms with Crippen LogP contribution in [-0.2, 0) is 0 Å². The van der Waals surface area contributed by atoms with E-state index in [1.165, 1.54) is 32.1 Å². The standard InChI is InChI=1S/C21H28N4O/c1-17-20(16-22-25(17)19-10-6-3-7-11-19)21(26)24-14-12-23(13-15-24)18-8-4-2-5-9-18/h3,6-7,10-11,16,18H,2,4-5,8-9,12-15H2,1H3. The minimum Gasteiger partial charge on any atom is -0.336 e. The molecule has 1 amide bonds. The molecule has 0 bridgehead atoms. The molecule has 0 N–H and O–H groups in total. The number of rotatable bonds is 3. The molecule has 2 fully saturated rings. The molecule has 1 aliphatic carbocycles. The van der Waals surface area contributed by atoms with E-state index in [4.69, 9.17) is 0 Å². The lowest BCUT2D eigenvalue weighted by Crippen LogP contribution is -2.52. The van der Waals surface area contributed by atoms with Crippen molar-refractivity contribution >= 4 is 5.91 Å². The van der Waals surface area contributed by atoms with Gasteiger partial charge in [-0.05, 0) is 31.9 Å². The Hall–Kier alpha value is -2.14. The maximum absolute atomic E-state index is 13.0. The molecular formula is C21H28N4O. The van der Waals surface area contributed by atoms with Crippen molar-refractivity contribution in [1.82, 2.24) is 19.6 Å². The lowest BCUT2D eigenvalue weighted by atomic mass is 9.94. The largest absolute Gasteiger partial charge is 0.336 e. The zero-order chi connectivity index (χ0) is 17.9. The molecule has 5 heteroatoms. The molecule has 1 aromatic carbocycles. The Labute approximate surface area is 155 Å². The van der Waals surface area contributed by atoms with Gasteiger partial charge in [0.25, 0.3) is 5.91 Å². The Kier molecular flexibility index (Phi) is 5.07. The number of aromatic nitrogens is 2. The van der Waals surface area contributed by atoms with Gasteiger partial charge in [-0.3, -0.25) is 9.69 Å². The van der Waals surface area contributed by atoms with E-state index in [2.05, 4.69) is 10.00 Å². The molecule has 0 spiro atoms. The minimum atomic E-state index is 0.118. The van der Waals surface area contributed by atoms with Crippen LogP contribution in [0.15, 0.2) is 36.5 Å². The van der Waals surface area contributed by atoms with Crippen molar-refractivity contribution in [2.24, 2.45) is 0 Å². The van der Waals surface area contributed by atoms with Gasteiger partial charge in [-0.2, -0.15) is 5.10 Å². The van der Waals surface area contributed by atoms with Crippen molar-refractivity contribution in [3.8, 4) is 5.69 Å². The highest BCUT2D eigenvalue weighted by atomic mass is 16.2. The second kappa shape index (κ2) is 7.62. The van der Waals surface area contributed by atoms with Gasteiger partial charge in [0.1, 0.15) is 0 Å². The first-order chi connectivity index (χ1) is 12.7. The van der Waals surface area contributed by atoms with Crippen LogP contribution in [-0.4, -0.2) is 57.7 Å². The Bertz CT molecular complexity index is 741. The van der Waals surface area contributed by atoms with Crippen molar-refractivity contribution in [3.63, 3.8) is 0 Å². The molecule has 1 aliphatic heterocycles. The first-order valence-corrected chi connectivity index (χ1v) is 9.87. The molecule has 1 aromatic heterocycles. The van der Waals surface area contributed by atoms with Gasteiger partial charge in [-0.25, -0.2) is 4.68 Å². The van der Waals surface area contributed by atoms with Gasteiger partial charge in [0.15, 0.2) is 0 Å². The summed E-state index contributed by atoms with van der Waals surface area (Å²) in [4.78, 5) is 17.6. The third-order valence-corrected chi connectivity index (χ3v) is 5.93. The number of carbonyl (C=O) groups is 1. The summed E-state index contributed by atoms with van der Waals surface area (Å²) in [5.41, 5.74) is 2.63. The summed E-state index contributed by atoms with van der Waals surface area (Å²) in [5, 5.41) is 4.45. The summed E-state index contributed by atoms with van der Waals surface area (Å²) >= 11 is 0. The molecule has 26 heavy (non-hydrogen) atoms. The number of hydrogen-bond donors (Lipinski definition) is 0. The smallest absolute Gasteiger partial charge is 0.257 e. The predicted molar refractivity (Wildman–Crippen MR) is 103 cm³/mol. The van der Waals surface area contributed by atoms with Crippen LogP contribution in [0.25, 0.3) is 5.69 Å². The van der Waals surface area contributed by atoms with Gasteiger partial charge in [0.05, 0.1) is 23.1 Å². The molecule has 0 unspecified atom stereocenters. The Morgan fingerprint density at radius 2 is 1.69 bits per heavy atom. The van der Waals surface area contributed by atoms with E-state index >= 15 is 0 Å². The summed E-state index contributed by atoms with van der Waals surface area (Å²) in [7, 11) is 0. The van der Waals surface area contributed by atoms with Gasteiger partial charge >= 0.3 is 0 Å². The fourth-order valence-electron chi connectivity index (χ4n) is 4.36. The quantitative estimate of drug-likeness (QED) is 0.851. The van der Waals surface area contributed by atoms with Gasteiger partial charge < -0.3 is 4.90 Å². The number of amides is 1. The number of piperazine rings is 1. The van der Waals surface area contributed by atoms with E-state index < -0.39 is 0 Å². The number of para-hydroxylation sites is 1.